The van der Waals surface area contributed by atoms with Gasteiger partial charge in [0, 0.05) is 0 Å². The first-order valence-electron chi connectivity index (χ1n) is 7.62. The second-order valence-corrected chi connectivity index (χ2v) is 5.30. The maximum Gasteiger partial charge on any atom is -0.0386 e. The third-order valence-corrected chi connectivity index (χ3v) is 3.41. The molecule has 0 aliphatic heterocycles. The quantitative estimate of drug-likeness (QED) is 0.349. The van der Waals surface area contributed by atoms with Crippen LogP contribution in [0.25, 0.3) is 0 Å². The van der Waals surface area contributed by atoms with Crippen molar-refractivity contribution in [3.8, 4) is 0 Å². The van der Waals surface area contributed by atoms with Gasteiger partial charge in [-0.15, -0.1) is 0 Å². The topological polar surface area (TPSA) is 0 Å². The lowest BCUT2D eigenvalue weighted by atomic mass is 9.97. The molecule has 0 aromatic heterocycles. The summed E-state index contributed by atoms with van der Waals surface area (Å²) in [5.41, 5.74) is 0. The van der Waals surface area contributed by atoms with E-state index in [-0.39, 0.29) is 0 Å². The molecular weight excluding hydrogens is 192 g/mol. The lowest BCUT2D eigenvalue weighted by Gasteiger charge is -2.09. The van der Waals surface area contributed by atoms with Gasteiger partial charge >= 0.3 is 0 Å². The van der Waals surface area contributed by atoms with E-state index in [2.05, 4.69) is 27.2 Å². The Hall–Kier alpha value is 0. The molecule has 1 radical (unpaired) electrons. The summed E-state index contributed by atoms with van der Waals surface area (Å²) in [5, 5.41) is 0. The molecule has 0 saturated carbocycles. The molecule has 0 bridgehead atoms. The van der Waals surface area contributed by atoms with Crippen molar-refractivity contribution in [3.05, 3.63) is 6.42 Å². The van der Waals surface area contributed by atoms with Gasteiger partial charge in [0.25, 0.3) is 0 Å². The minimum atomic E-state index is 0.917. The first kappa shape index (κ1) is 16.0. The van der Waals surface area contributed by atoms with Crippen molar-refractivity contribution in [1.82, 2.24) is 0 Å². The maximum absolute atomic E-state index is 2.43. The van der Waals surface area contributed by atoms with Gasteiger partial charge in [-0.1, -0.05) is 85.0 Å². The van der Waals surface area contributed by atoms with Crippen LogP contribution >= 0.6 is 0 Å². The Morgan fingerprint density at radius 2 is 1.38 bits per heavy atom. The van der Waals surface area contributed by atoms with Crippen molar-refractivity contribution in [2.45, 2.75) is 91.4 Å². The van der Waals surface area contributed by atoms with E-state index < -0.39 is 0 Å². The molecule has 0 spiro atoms. The molecule has 0 amide bonds. The Kier molecular flexibility index (Phi) is 13.1. The van der Waals surface area contributed by atoms with Crippen LogP contribution in [-0.4, -0.2) is 0 Å². The zero-order chi connectivity index (χ0) is 12.1. The van der Waals surface area contributed by atoms with E-state index >= 15 is 0 Å². The minimum Gasteiger partial charge on any atom is -0.0654 e. The summed E-state index contributed by atoms with van der Waals surface area (Å²) in [5.74, 6) is 0.917. The fourth-order valence-electron chi connectivity index (χ4n) is 2.20. The summed E-state index contributed by atoms with van der Waals surface area (Å²) in [6.45, 7) is 6.92. The van der Waals surface area contributed by atoms with E-state index in [1.807, 2.05) is 0 Å². The molecule has 0 aromatic carbocycles. The van der Waals surface area contributed by atoms with Crippen LogP contribution in [-0.2, 0) is 0 Å². The molecule has 0 N–H and O–H groups in total. The molecule has 16 heavy (non-hydrogen) atoms. The summed E-state index contributed by atoms with van der Waals surface area (Å²) < 4.78 is 0. The SMILES string of the molecule is CC[CH]CC(C)CCCCCCCCCC. The van der Waals surface area contributed by atoms with E-state index in [1.165, 1.54) is 70.6 Å². The number of hydrogen-bond donors (Lipinski definition) is 0. The molecule has 0 saturated heterocycles. The van der Waals surface area contributed by atoms with E-state index in [0.29, 0.717) is 0 Å². The average molecular weight is 225 g/mol. The molecule has 0 heteroatoms. The molecule has 0 aromatic rings. The first-order valence-corrected chi connectivity index (χ1v) is 7.62. The molecular formula is C16H33. The number of unbranched alkanes of at least 4 members (excludes halogenated alkanes) is 8. The zero-order valence-corrected chi connectivity index (χ0v) is 11.9. The fraction of sp³-hybridized carbons (Fsp3) is 0.938. The molecule has 0 nitrogen and oxygen atoms in total. The molecule has 0 heterocycles. The molecule has 1 atom stereocenters. The van der Waals surface area contributed by atoms with Crippen LogP contribution in [0, 0.1) is 12.3 Å². The van der Waals surface area contributed by atoms with Gasteiger partial charge < -0.3 is 0 Å². The predicted octanol–water partition coefficient (Wildman–Crippen LogP) is 6.16. The molecule has 0 rings (SSSR count). The normalized spacial score (nSPS) is 12.9. The summed E-state index contributed by atoms with van der Waals surface area (Å²) >= 11 is 0. The highest BCUT2D eigenvalue weighted by atomic mass is 14.1. The van der Waals surface area contributed by atoms with Crippen molar-refractivity contribution >= 4 is 0 Å². The summed E-state index contributed by atoms with van der Waals surface area (Å²) in [4.78, 5) is 0. The largest absolute Gasteiger partial charge is 0.0654 e. The third kappa shape index (κ3) is 12.1. The Morgan fingerprint density at radius 1 is 0.812 bits per heavy atom. The van der Waals surface area contributed by atoms with Crippen LogP contribution < -0.4 is 0 Å². The Labute approximate surface area is 104 Å². The smallest absolute Gasteiger partial charge is 0.0386 e. The van der Waals surface area contributed by atoms with Crippen LogP contribution in [0.5, 0.6) is 0 Å². The van der Waals surface area contributed by atoms with E-state index in [4.69, 9.17) is 0 Å². The van der Waals surface area contributed by atoms with Crippen LogP contribution in [0.4, 0.5) is 0 Å². The number of rotatable bonds is 12. The fourth-order valence-corrected chi connectivity index (χ4v) is 2.20. The third-order valence-electron chi connectivity index (χ3n) is 3.41. The maximum atomic E-state index is 2.43. The van der Waals surface area contributed by atoms with Crippen LogP contribution in [0.1, 0.15) is 91.4 Å². The lowest BCUT2D eigenvalue weighted by molar-refractivity contribution is 0.472. The molecule has 97 valence electrons. The van der Waals surface area contributed by atoms with Gasteiger partial charge in [0.15, 0.2) is 0 Å². The van der Waals surface area contributed by atoms with Gasteiger partial charge in [-0.3, -0.25) is 0 Å². The second-order valence-electron chi connectivity index (χ2n) is 5.30. The van der Waals surface area contributed by atoms with Crippen LogP contribution in [0.3, 0.4) is 0 Å². The molecule has 1 unspecified atom stereocenters. The monoisotopic (exact) mass is 225 g/mol. The molecule has 0 aliphatic carbocycles. The Balaban J connectivity index is 3.02. The predicted molar refractivity (Wildman–Crippen MR) is 75.6 cm³/mol. The molecule has 0 fully saturated rings. The summed E-state index contributed by atoms with van der Waals surface area (Å²) in [6, 6.07) is 0. The van der Waals surface area contributed by atoms with Gasteiger partial charge in [0.2, 0.25) is 0 Å². The second kappa shape index (κ2) is 13.1. The zero-order valence-electron chi connectivity index (χ0n) is 11.9. The van der Waals surface area contributed by atoms with Gasteiger partial charge in [-0.2, -0.15) is 0 Å². The van der Waals surface area contributed by atoms with E-state index in [9.17, 15) is 0 Å². The Bertz CT molecular complexity index is 117. The van der Waals surface area contributed by atoms with Gasteiger partial charge in [-0.25, -0.2) is 0 Å². The summed E-state index contributed by atoms with van der Waals surface area (Å²) in [7, 11) is 0. The van der Waals surface area contributed by atoms with Crippen molar-refractivity contribution in [2.24, 2.45) is 5.92 Å². The van der Waals surface area contributed by atoms with Crippen molar-refractivity contribution in [2.75, 3.05) is 0 Å². The van der Waals surface area contributed by atoms with Gasteiger partial charge in [0.05, 0.1) is 0 Å². The standard InChI is InChI=1S/C16H33/c1-4-6-8-9-10-11-12-13-15-16(3)14-7-5-2/h7,16H,4-6,8-15H2,1-3H3. The Morgan fingerprint density at radius 3 is 1.94 bits per heavy atom. The average Bonchev–Trinajstić information content (AvgIpc) is 2.30. The van der Waals surface area contributed by atoms with Crippen molar-refractivity contribution in [3.63, 3.8) is 0 Å². The van der Waals surface area contributed by atoms with Crippen molar-refractivity contribution in [1.29, 1.82) is 0 Å². The highest BCUT2D eigenvalue weighted by Crippen LogP contribution is 2.16. The van der Waals surface area contributed by atoms with Gasteiger partial charge in [-0.05, 0) is 18.8 Å². The van der Waals surface area contributed by atoms with Gasteiger partial charge in [0.1, 0.15) is 0 Å². The van der Waals surface area contributed by atoms with E-state index in [0.717, 1.165) is 5.92 Å². The number of hydrogen-bond acceptors (Lipinski definition) is 0. The van der Waals surface area contributed by atoms with Crippen LogP contribution in [0.2, 0.25) is 0 Å². The first-order chi connectivity index (χ1) is 7.81. The summed E-state index contributed by atoms with van der Waals surface area (Å²) in [6.07, 6.45) is 18.0. The minimum absolute atomic E-state index is 0.917. The highest BCUT2D eigenvalue weighted by Gasteiger charge is 2.00. The van der Waals surface area contributed by atoms with Crippen molar-refractivity contribution < 1.29 is 0 Å². The highest BCUT2D eigenvalue weighted by molar-refractivity contribution is 4.66. The van der Waals surface area contributed by atoms with E-state index in [1.54, 1.807) is 0 Å². The van der Waals surface area contributed by atoms with Crippen LogP contribution in [0.15, 0.2) is 0 Å². The molecule has 0 aliphatic rings. The lowest BCUT2D eigenvalue weighted by Crippen LogP contribution is -1.94.